The molecule has 4 heterocycles. The van der Waals surface area contributed by atoms with Gasteiger partial charge in [0.25, 0.3) is 18.1 Å². The third-order valence-electron chi connectivity index (χ3n) is 5.42. The Labute approximate surface area is 169 Å². The highest BCUT2D eigenvalue weighted by molar-refractivity contribution is 5.94. The molecule has 4 rings (SSSR count). The van der Waals surface area contributed by atoms with Gasteiger partial charge in [-0.3, -0.25) is 4.79 Å². The first kappa shape index (κ1) is 20.0. The fraction of sp³-hybridized carbons (Fsp3) is 0.421. The number of methoxy groups -OCH3 is 1. The van der Waals surface area contributed by atoms with Crippen LogP contribution in [0.3, 0.4) is 0 Å². The van der Waals surface area contributed by atoms with Gasteiger partial charge >= 0.3 is 0 Å². The number of likely N-dealkylation sites (tertiary alicyclic amines) is 1. The molecule has 1 fully saturated rings. The minimum absolute atomic E-state index is 0.0726. The number of carbonyl (C=O) groups is 1. The molecule has 3 aromatic rings. The molecule has 0 unspecified atom stereocenters. The molecule has 0 saturated carbocycles. The highest BCUT2D eigenvalue weighted by atomic mass is 19.3. The summed E-state index contributed by atoms with van der Waals surface area (Å²) in [7, 11) is 1.38. The summed E-state index contributed by atoms with van der Waals surface area (Å²) in [4.78, 5) is 26.0. The summed E-state index contributed by atoms with van der Waals surface area (Å²) in [6.45, 7) is 2.60. The Morgan fingerprint density at radius 1 is 1.30 bits per heavy atom. The molecule has 0 radical (unpaired) electrons. The van der Waals surface area contributed by atoms with Gasteiger partial charge in [0.1, 0.15) is 12.0 Å². The standard InChI is InChI=1S/C19H19F3N6O2/c1-10-3-4-27(18(29)11-5-16(30-2)23-7-13(11)20)8-12(10)15-6-14(17(21)22)26-19-24-9-25-28(15)19/h5-7,9-10,12,17H,3-4,8H2,1-2H3/t10-,12-/m1/s1. The molecule has 0 aliphatic carbocycles. The summed E-state index contributed by atoms with van der Waals surface area (Å²) in [6, 6.07) is 2.55. The summed E-state index contributed by atoms with van der Waals surface area (Å²) >= 11 is 0. The van der Waals surface area contributed by atoms with E-state index in [1.807, 2.05) is 6.92 Å². The second kappa shape index (κ2) is 7.88. The molecule has 158 valence electrons. The van der Waals surface area contributed by atoms with E-state index < -0.39 is 23.8 Å². The van der Waals surface area contributed by atoms with E-state index in [2.05, 4.69) is 20.1 Å². The molecule has 1 saturated heterocycles. The lowest BCUT2D eigenvalue weighted by Crippen LogP contribution is -2.43. The summed E-state index contributed by atoms with van der Waals surface area (Å²) < 4.78 is 47.3. The molecule has 0 aromatic carbocycles. The van der Waals surface area contributed by atoms with Crippen molar-refractivity contribution in [1.82, 2.24) is 29.5 Å². The number of carbonyl (C=O) groups excluding carboxylic acids is 1. The van der Waals surface area contributed by atoms with Gasteiger partial charge in [-0.25, -0.2) is 27.7 Å². The molecule has 0 bridgehead atoms. The molecular formula is C19H19F3N6O2. The van der Waals surface area contributed by atoms with Crippen molar-refractivity contribution in [2.24, 2.45) is 5.92 Å². The highest BCUT2D eigenvalue weighted by Crippen LogP contribution is 2.34. The Morgan fingerprint density at radius 3 is 2.83 bits per heavy atom. The van der Waals surface area contributed by atoms with E-state index >= 15 is 0 Å². The average Bonchev–Trinajstić information content (AvgIpc) is 3.22. The lowest BCUT2D eigenvalue weighted by atomic mass is 9.84. The maximum atomic E-state index is 14.2. The molecule has 30 heavy (non-hydrogen) atoms. The van der Waals surface area contributed by atoms with E-state index in [1.165, 1.54) is 35.0 Å². The van der Waals surface area contributed by atoms with Gasteiger partial charge in [-0.15, -0.1) is 0 Å². The molecule has 0 N–H and O–H groups in total. The van der Waals surface area contributed by atoms with E-state index in [9.17, 15) is 18.0 Å². The average molecular weight is 420 g/mol. The van der Waals surface area contributed by atoms with Crippen molar-refractivity contribution in [3.05, 3.63) is 47.4 Å². The Morgan fingerprint density at radius 2 is 2.10 bits per heavy atom. The van der Waals surface area contributed by atoms with Crippen LogP contribution in [0.1, 0.15) is 47.4 Å². The van der Waals surface area contributed by atoms with Crippen LogP contribution in [-0.4, -0.2) is 55.6 Å². The molecular weight excluding hydrogens is 401 g/mol. The number of nitrogens with zero attached hydrogens (tertiary/aromatic N) is 6. The molecule has 8 nitrogen and oxygen atoms in total. The Hall–Kier alpha value is -3.24. The number of aromatic nitrogens is 5. The number of rotatable bonds is 4. The van der Waals surface area contributed by atoms with Gasteiger partial charge in [0, 0.05) is 25.1 Å². The van der Waals surface area contributed by atoms with Gasteiger partial charge in [-0.05, 0) is 18.4 Å². The summed E-state index contributed by atoms with van der Waals surface area (Å²) in [6.07, 6.45) is 0.0339. The van der Waals surface area contributed by atoms with Crippen LogP contribution in [0.5, 0.6) is 5.88 Å². The summed E-state index contributed by atoms with van der Waals surface area (Å²) in [5, 5.41) is 4.10. The van der Waals surface area contributed by atoms with Gasteiger partial charge in [0.15, 0.2) is 5.82 Å². The monoisotopic (exact) mass is 420 g/mol. The predicted octanol–water partition coefficient (Wildman–Crippen LogP) is 2.87. The molecule has 11 heteroatoms. The van der Waals surface area contributed by atoms with Crippen LogP contribution in [0.2, 0.25) is 0 Å². The van der Waals surface area contributed by atoms with E-state index in [4.69, 9.17) is 4.74 Å². The van der Waals surface area contributed by atoms with Crippen molar-refractivity contribution in [3.8, 4) is 5.88 Å². The minimum atomic E-state index is -2.76. The summed E-state index contributed by atoms with van der Waals surface area (Å²) in [5.74, 6) is -1.29. The van der Waals surface area contributed by atoms with Gasteiger partial charge in [-0.2, -0.15) is 10.1 Å². The fourth-order valence-electron chi connectivity index (χ4n) is 3.73. The van der Waals surface area contributed by atoms with Crippen LogP contribution in [0.15, 0.2) is 24.7 Å². The van der Waals surface area contributed by atoms with Crippen LogP contribution in [0.4, 0.5) is 13.2 Å². The number of fused-ring (bicyclic) bond motifs is 1. The zero-order valence-corrected chi connectivity index (χ0v) is 16.3. The first-order valence-corrected chi connectivity index (χ1v) is 9.36. The molecule has 0 spiro atoms. The Bertz CT molecular complexity index is 1090. The number of hydrogen-bond donors (Lipinski definition) is 0. The van der Waals surface area contributed by atoms with Crippen molar-refractivity contribution in [1.29, 1.82) is 0 Å². The zero-order chi connectivity index (χ0) is 21.4. The minimum Gasteiger partial charge on any atom is -0.481 e. The SMILES string of the molecule is COc1cc(C(=O)N2CC[C@@H](C)[C@H](c3cc(C(F)F)nc4ncnn34)C2)c(F)cn1. The van der Waals surface area contributed by atoms with Crippen LogP contribution in [0, 0.1) is 11.7 Å². The van der Waals surface area contributed by atoms with Gasteiger partial charge in [-0.1, -0.05) is 6.92 Å². The van der Waals surface area contributed by atoms with Gasteiger partial charge in [0.05, 0.1) is 24.6 Å². The van der Waals surface area contributed by atoms with Crippen LogP contribution in [-0.2, 0) is 0 Å². The quantitative estimate of drug-likeness (QED) is 0.645. The van der Waals surface area contributed by atoms with Crippen molar-refractivity contribution >= 4 is 11.7 Å². The van der Waals surface area contributed by atoms with Crippen molar-refractivity contribution in [3.63, 3.8) is 0 Å². The van der Waals surface area contributed by atoms with E-state index in [0.717, 1.165) is 6.20 Å². The first-order chi connectivity index (χ1) is 14.4. The highest BCUT2D eigenvalue weighted by Gasteiger charge is 2.34. The summed E-state index contributed by atoms with van der Waals surface area (Å²) in [5.41, 5.74) is -0.0549. The smallest absolute Gasteiger partial charge is 0.280 e. The van der Waals surface area contributed by atoms with E-state index in [-0.39, 0.29) is 35.6 Å². The van der Waals surface area contributed by atoms with E-state index in [1.54, 1.807) is 0 Å². The maximum absolute atomic E-state index is 14.2. The topological polar surface area (TPSA) is 85.5 Å². The lowest BCUT2D eigenvalue weighted by Gasteiger charge is -2.37. The van der Waals surface area contributed by atoms with Crippen LogP contribution >= 0.6 is 0 Å². The molecule has 3 aromatic heterocycles. The number of ether oxygens (including phenoxy) is 1. The third-order valence-corrected chi connectivity index (χ3v) is 5.42. The lowest BCUT2D eigenvalue weighted by molar-refractivity contribution is 0.0660. The van der Waals surface area contributed by atoms with E-state index in [0.29, 0.717) is 18.7 Å². The molecule has 1 aliphatic heterocycles. The van der Waals surface area contributed by atoms with Crippen molar-refractivity contribution < 1.29 is 22.7 Å². The number of halogens is 3. The maximum Gasteiger partial charge on any atom is 0.280 e. The first-order valence-electron chi connectivity index (χ1n) is 9.36. The normalized spacial score (nSPS) is 19.5. The van der Waals surface area contributed by atoms with Gasteiger partial charge in [0.2, 0.25) is 5.88 Å². The second-order valence-corrected chi connectivity index (χ2v) is 7.21. The zero-order valence-electron chi connectivity index (χ0n) is 16.3. The van der Waals surface area contributed by atoms with Crippen LogP contribution in [0.25, 0.3) is 5.78 Å². The third kappa shape index (κ3) is 3.55. The predicted molar refractivity (Wildman–Crippen MR) is 98.9 cm³/mol. The Kier molecular flexibility index (Phi) is 5.27. The number of piperidine rings is 1. The molecule has 1 amide bonds. The molecule has 1 aliphatic rings. The largest absolute Gasteiger partial charge is 0.481 e. The van der Waals surface area contributed by atoms with Crippen LogP contribution < -0.4 is 4.74 Å². The Balaban J connectivity index is 1.69. The molecule has 2 atom stereocenters. The van der Waals surface area contributed by atoms with Crippen molar-refractivity contribution in [2.75, 3.05) is 20.2 Å². The fourth-order valence-corrected chi connectivity index (χ4v) is 3.73. The number of hydrogen-bond acceptors (Lipinski definition) is 6. The number of alkyl halides is 2. The number of pyridine rings is 1. The number of amides is 1. The second-order valence-electron chi connectivity index (χ2n) is 7.21. The van der Waals surface area contributed by atoms with Crippen molar-refractivity contribution in [2.45, 2.75) is 25.7 Å². The van der Waals surface area contributed by atoms with Gasteiger partial charge < -0.3 is 9.64 Å².